The maximum Gasteiger partial charge on any atom is 0.251 e. The molecule has 0 aromatic heterocycles. The summed E-state index contributed by atoms with van der Waals surface area (Å²) >= 11 is 0. The number of likely N-dealkylation sites (tertiary alicyclic amines) is 1. The number of carbonyl (C=O) groups excluding carboxylic acids is 1. The lowest BCUT2D eigenvalue weighted by molar-refractivity contribution is 0.0952. The van der Waals surface area contributed by atoms with E-state index in [0.717, 1.165) is 43.1 Å². The van der Waals surface area contributed by atoms with Gasteiger partial charge >= 0.3 is 0 Å². The summed E-state index contributed by atoms with van der Waals surface area (Å²) in [5.41, 5.74) is 0.716. The molecule has 1 amide bonds. The zero-order valence-corrected chi connectivity index (χ0v) is 14.1. The van der Waals surface area contributed by atoms with E-state index in [-0.39, 0.29) is 12.5 Å². The van der Waals surface area contributed by atoms with E-state index in [1.54, 1.807) is 0 Å². The van der Waals surface area contributed by atoms with E-state index < -0.39 is 0 Å². The molecule has 1 aliphatic rings. The number of rotatable bonds is 7. The minimum absolute atomic E-state index is 0.00448. The Labute approximate surface area is 143 Å². The average molecular weight is 326 g/mol. The second-order valence-corrected chi connectivity index (χ2v) is 6.54. The molecule has 1 saturated heterocycles. The van der Waals surface area contributed by atoms with Crippen molar-refractivity contribution in [2.45, 2.75) is 31.7 Å². The molecular formula is C20H26N2O2. The van der Waals surface area contributed by atoms with Gasteiger partial charge in [0.15, 0.2) is 0 Å². The summed E-state index contributed by atoms with van der Waals surface area (Å²) in [6, 6.07) is 14.2. The number of unbranched alkanes of at least 4 members (excludes halogenated alkanes) is 1. The van der Waals surface area contributed by atoms with Crippen molar-refractivity contribution in [3.8, 4) is 0 Å². The smallest absolute Gasteiger partial charge is 0.251 e. The van der Waals surface area contributed by atoms with E-state index in [0.29, 0.717) is 18.2 Å². The van der Waals surface area contributed by atoms with Gasteiger partial charge in [0.05, 0.1) is 6.61 Å². The highest BCUT2D eigenvalue weighted by molar-refractivity contribution is 5.98. The Hall–Kier alpha value is -1.91. The second-order valence-electron chi connectivity index (χ2n) is 6.54. The fraction of sp³-hybridized carbons (Fsp3) is 0.450. The van der Waals surface area contributed by atoms with Gasteiger partial charge in [-0.2, -0.15) is 0 Å². The molecular weight excluding hydrogens is 300 g/mol. The molecule has 0 aliphatic carbocycles. The van der Waals surface area contributed by atoms with Gasteiger partial charge in [0, 0.05) is 18.2 Å². The minimum atomic E-state index is -0.00448. The van der Waals surface area contributed by atoms with Crippen LogP contribution in [0.4, 0.5) is 0 Å². The van der Waals surface area contributed by atoms with Crippen LogP contribution < -0.4 is 5.32 Å². The molecule has 4 nitrogen and oxygen atoms in total. The van der Waals surface area contributed by atoms with Crippen molar-refractivity contribution >= 4 is 16.7 Å². The monoisotopic (exact) mass is 326 g/mol. The number of hydrogen-bond donors (Lipinski definition) is 2. The lowest BCUT2D eigenvalue weighted by Crippen LogP contribution is -2.33. The van der Waals surface area contributed by atoms with Crippen molar-refractivity contribution in [3.05, 3.63) is 48.0 Å². The molecule has 128 valence electrons. The standard InChI is InChI=1S/C20H26N2O2/c23-15-19-8-5-13-22(19)12-4-3-11-21-20(24)18-10-9-16-6-1-2-7-17(16)14-18/h1-2,6-7,9-10,14,19,23H,3-5,8,11-13,15H2,(H,21,24). The van der Waals surface area contributed by atoms with E-state index >= 15 is 0 Å². The maximum absolute atomic E-state index is 12.3. The van der Waals surface area contributed by atoms with E-state index in [2.05, 4.69) is 16.3 Å². The van der Waals surface area contributed by atoms with Gasteiger partial charge in [-0.3, -0.25) is 9.69 Å². The molecule has 1 unspecified atom stereocenters. The number of hydrogen-bond acceptors (Lipinski definition) is 3. The molecule has 0 spiro atoms. The zero-order valence-electron chi connectivity index (χ0n) is 14.1. The molecule has 2 aromatic rings. The lowest BCUT2D eigenvalue weighted by Gasteiger charge is -2.22. The largest absolute Gasteiger partial charge is 0.395 e. The van der Waals surface area contributed by atoms with Crippen LogP contribution in [-0.2, 0) is 0 Å². The van der Waals surface area contributed by atoms with Crippen LogP contribution in [0.25, 0.3) is 10.8 Å². The average Bonchev–Trinajstić information content (AvgIpc) is 3.08. The Bertz CT molecular complexity index is 686. The van der Waals surface area contributed by atoms with Crippen LogP contribution in [-0.4, -0.2) is 48.2 Å². The van der Waals surface area contributed by atoms with Gasteiger partial charge in [-0.15, -0.1) is 0 Å². The van der Waals surface area contributed by atoms with Gasteiger partial charge in [0.2, 0.25) is 0 Å². The number of benzene rings is 2. The van der Waals surface area contributed by atoms with Gasteiger partial charge in [0.25, 0.3) is 5.91 Å². The Morgan fingerprint density at radius 3 is 2.83 bits per heavy atom. The maximum atomic E-state index is 12.3. The molecule has 1 heterocycles. The van der Waals surface area contributed by atoms with Gasteiger partial charge in [-0.05, 0) is 61.7 Å². The first-order valence-corrected chi connectivity index (χ1v) is 8.90. The van der Waals surface area contributed by atoms with Gasteiger partial charge in [-0.1, -0.05) is 30.3 Å². The molecule has 24 heavy (non-hydrogen) atoms. The quantitative estimate of drug-likeness (QED) is 0.769. The second kappa shape index (κ2) is 8.27. The molecule has 1 fully saturated rings. The number of carbonyl (C=O) groups is 1. The van der Waals surface area contributed by atoms with Crippen molar-refractivity contribution < 1.29 is 9.90 Å². The summed E-state index contributed by atoms with van der Waals surface area (Å²) in [5.74, 6) is -0.00448. The third-order valence-electron chi connectivity index (χ3n) is 4.88. The summed E-state index contributed by atoms with van der Waals surface area (Å²) in [5, 5.41) is 14.6. The van der Waals surface area contributed by atoms with Crippen LogP contribution in [0.5, 0.6) is 0 Å². The Balaban J connectivity index is 1.42. The molecule has 1 aliphatic heterocycles. The summed E-state index contributed by atoms with van der Waals surface area (Å²) in [6.45, 7) is 3.06. The third-order valence-corrected chi connectivity index (χ3v) is 4.88. The normalized spacial score (nSPS) is 18.1. The van der Waals surface area contributed by atoms with Crippen molar-refractivity contribution in [1.29, 1.82) is 0 Å². The number of fused-ring (bicyclic) bond motifs is 1. The van der Waals surface area contributed by atoms with E-state index in [1.807, 2.05) is 36.4 Å². The number of nitrogens with one attached hydrogen (secondary N) is 1. The van der Waals surface area contributed by atoms with Crippen LogP contribution in [0.15, 0.2) is 42.5 Å². The van der Waals surface area contributed by atoms with Crippen molar-refractivity contribution in [3.63, 3.8) is 0 Å². The van der Waals surface area contributed by atoms with Crippen molar-refractivity contribution in [1.82, 2.24) is 10.2 Å². The molecule has 1 atom stereocenters. The summed E-state index contributed by atoms with van der Waals surface area (Å²) in [4.78, 5) is 14.6. The minimum Gasteiger partial charge on any atom is -0.395 e. The number of amides is 1. The molecule has 0 saturated carbocycles. The Morgan fingerprint density at radius 2 is 2.00 bits per heavy atom. The van der Waals surface area contributed by atoms with Crippen LogP contribution in [0.1, 0.15) is 36.0 Å². The van der Waals surface area contributed by atoms with Gasteiger partial charge in [-0.25, -0.2) is 0 Å². The highest BCUT2D eigenvalue weighted by Crippen LogP contribution is 2.17. The first-order chi connectivity index (χ1) is 11.8. The molecule has 4 heteroatoms. The summed E-state index contributed by atoms with van der Waals surface area (Å²) < 4.78 is 0. The van der Waals surface area contributed by atoms with E-state index in [9.17, 15) is 9.90 Å². The lowest BCUT2D eigenvalue weighted by atomic mass is 10.1. The highest BCUT2D eigenvalue weighted by Gasteiger charge is 2.22. The fourth-order valence-corrected chi connectivity index (χ4v) is 3.47. The zero-order chi connectivity index (χ0) is 16.8. The molecule has 2 aromatic carbocycles. The first kappa shape index (κ1) is 16.9. The number of nitrogens with zero attached hydrogens (tertiary/aromatic N) is 1. The predicted molar refractivity (Wildman–Crippen MR) is 97.2 cm³/mol. The van der Waals surface area contributed by atoms with Crippen molar-refractivity contribution in [2.24, 2.45) is 0 Å². The highest BCUT2D eigenvalue weighted by atomic mass is 16.3. The van der Waals surface area contributed by atoms with Gasteiger partial charge < -0.3 is 10.4 Å². The summed E-state index contributed by atoms with van der Waals surface area (Å²) in [7, 11) is 0. The third kappa shape index (κ3) is 4.13. The predicted octanol–water partition coefficient (Wildman–Crippen LogP) is 2.81. The topological polar surface area (TPSA) is 52.6 Å². The molecule has 3 rings (SSSR count). The van der Waals surface area contributed by atoms with Crippen LogP contribution >= 0.6 is 0 Å². The SMILES string of the molecule is O=C(NCCCCN1CCCC1CO)c1ccc2ccccc2c1. The molecule has 0 radical (unpaired) electrons. The fourth-order valence-electron chi connectivity index (χ4n) is 3.47. The molecule has 2 N–H and O–H groups in total. The molecule has 0 bridgehead atoms. The Morgan fingerprint density at radius 1 is 1.17 bits per heavy atom. The van der Waals surface area contributed by atoms with Gasteiger partial charge in [0.1, 0.15) is 0 Å². The van der Waals surface area contributed by atoms with E-state index in [1.165, 1.54) is 6.42 Å². The van der Waals surface area contributed by atoms with Crippen molar-refractivity contribution in [2.75, 3.05) is 26.2 Å². The van der Waals surface area contributed by atoms with E-state index in [4.69, 9.17) is 0 Å². The first-order valence-electron chi connectivity index (χ1n) is 8.90. The number of aliphatic hydroxyl groups is 1. The van der Waals surface area contributed by atoms with Crippen LogP contribution in [0.2, 0.25) is 0 Å². The summed E-state index contributed by atoms with van der Waals surface area (Å²) in [6.07, 6.45) is 4.31. The Kier molecular flexibility index (Phi) is 5.83. The van der Waals surface area contributed by atoms with Crippen LogP contribution in [0, 0.1) is 0 Å². The number of aliphatic hydroxyl groups excluding tert-OH is 1. The van der Waals surface area contributed by atoms with Crippen LogP contribution in [0.3, 0.4) is 0 Å².